The third-order valence-corrected chi connectivity index (χ3v) is 6.35. The van der Waals surface area contributed by atoms with Crippen molar-refractivity contribution < 1.29 is 23.7 Å². The van der Waals surface area contributed by atoms with Crippen molar-refractivity contribution in [3.05, 3.63) is 60.3 Å². The monoisotopic (exact) mass is 488 g/mol. The van der Waals surface area contributed by atoms with E-state index in [1.807, 2.05) is 59.2 Å². The molecule has 0 saturated carbocycles. The van der Waals surface area contributed by atoms with Crippen LogP contribution in [0.3, 0.4) is 0 Å². The van der Waals surface area contributed by atoms with E-state index in [2.05, 4.69) is 14.1 Å². The molecule has 0 bridgehead atoms. The Morgan fingerprint density at radius 3 is 2.86 bits per heavy atom. The van der Waals surface area contributed by atoms with Crippen molar-refractivity contribution in [2.45, 2.75) is 6.92 Å². The number of nitrogens with zero attached hydrogens (tertiary/aromatic N) is 3. The molecular weight excluding hydrogens is 468 g/mol. The zero-order chi connectivity index (χ0) is 23.9. The highest BCUT2D eigenvalue weighted by Gasteiger charge is 2.27. The molecule has 0 spiro atoms. The zero-order valence-electron chi connectivity index (χ0n) is 18.9. The van der Waals surface area contributed by atoms with Gasteiger partial charge in [0.1, 0.15) is 16.8 Å². The number of hydrogen-bond donors (Lipinski definition) is 1. The van der Waals surface area contributed by atoms with Gasteiger partial charge in [-0.1, -0.05) is 6.07 Å². The summed E-state index contributed by atoms with van der Waals surface area (Å²) >= 11 is 1.14. The molecule has 10 heteroatoms. The Morgan fingerprint density at radius 1 is 1.11 bits per heavy atom. The molecule has 0 radical (unpaired) electrons. The fourth-order valence-electron chi connectivity index (χ4n) is 4.25. The minimum atomic E-state index is -0.466. The maximum absolute atomic E-state index is 13.4. The van der Waals surface area contributed by atoms with E-state index in [-0.39, 0.29) is 13.4 Å². The van der Waals surface area contributed by atoms with Crippen LogP contribution in [0.1, 0.15) is 17.4 Å². The summed E-state index contributed by atoms with van der Waals surface area (Å²) in [5.41, 5.74) is 4.67. The minimum Gasteiger partial charge on any atom is -0.497 e. The quantitative estimate of drug-likeness (QED) is 0.322. The van der Waals surface area contributed by atoms with Gasteiger partial charge in [0.15, 0.2) is 17.2 Å². The fourth-order valence-corrected chi connectivity index (χ4v) is 4.80. The lowest BCUT2D eigenvalue weighted by Crippen LogP contribution is -2.13. The average Bonchev–Trinajstić information content (AvgIpc) is 3.61. The van der Waals surface area contributed by atoms with Gasteiger partial charge in [0, 0.05) is 11.5 Å². The fraction of sp³-hybridized carbons (Fsp3) is 0.160. The Kier molecular flexibility index (Phi) is 5.14. The van der Waals surface area contributed by atoms with E-state index in [1.165, 1.54) is 0 Å². The summed E-state index contributed by atoms with van der Waals surface area (Å²) in [6.45, 7) is 2.17. The van der Waals surface area contributed by atoms with Crippen LogP contribution in [-0.4, -0.2) is 39.8 Å². The van der Waals surface area contributed by atoms with E-state index in [4.69, 9.17) is 18.9 Å². The summed E-state index contributed by atoms with van der Waals surface area (Å²) in [5, 5.41) is 4.23. The predicted molar refractivity (Wildman–Crippen MR) is 133 cm³/mol. The Hall–Kier alpha value is -4.31. The lowest BCUT2D eigenvalue weighted by Gasteiger charge is -2.13. The maximum Gasteiger partial charge on any atom is 0.357 e. The van der Waals surface area contributed by atoms with Gasteiger partial charge in [0.2, 0.25) is 6.79 Å². The molecule has 6 rings (SSSR count). The second-order valence-corrected chi connectivity index (χ2v) is 8.29. The number of rotatable bonds is 6. The second kappa shape index (κ2) is 8.48. The molecule has 3 heterocycles. The number of carbonyl (C=O) groups excluding carboxylic acids is 1. The number of carbonyl (C=O) groups is 1. The highest BCUT2D eigenvalue weighted by Crippen LogP contribution is 2.41. The van der Waals surface area contributed by atoms with Gasteiger partial charge in [-0.3, -0.25) is 0 Å². The number of nitrogens with one attached hydrogen (secondary N) is 1. The number of anilines is 2. The first-order chi connectivity index (χ1) is 17.2. The number of benzene rings is 3. The van der Waals surface area contributed by atoms with E-state index in [0.717, 1.165) is 45.0 Å². The summed E-state index contributed by atoms with van der Waals surface area (Å²) < 4.78 is 32.7. The molecule has 176 valence electrons. The number of aromatic nitrogens is 3. The van der Waals surface area contributed by atoms with Gasteiger partial charge in [-0.05, 0) is 49.4 Å². The molecule has 0 saturated heterocycles. The molecule has 0 fully saturated rings. The van der Waals surface area contributed by atoms with Crippen LogP contribution in [0.25, 0.3) is 27.6 Å². The van der Waals surface area contributed by atoms with Crippen LogP contribution in [0.15, 0.2) is 54.6 Å². The first-order valence-corrected chi connectivity index (χ1v) is 11.7. The molecule has 2 aromatic heterocycles. The molecule has 9 nitrogen and oxygen atoms in total. The Labute approximate surface area is 204 Å². The molecule has 0 amide bonds. The summed E-state index contributed by atoms with van der Waals surface area (Å²) in [5.74, 6) is 1.46. The smallest absolute Gasteiger partial charge is 0.357 e. The molecule has 1 aliphatic heterocycles. The van der Waals surface area contributed by atoms with E-state index < -0.39 is 5.97 Å². The van der Waals surface area contributed by atoms with Crippen LogP contribution in [0.2, 0.25) is 0 Å². The van der Waals surface area contributed by atoms with Gasteiger partial charge in [-0.2, -0.15) is 8.75 Å². The highest BCUT2D eigenvalue weighted by molar-refractivity contribution is 7.00. The minimum absolute atomic E-state index is 0.158. The van der Waals surface area contributed by atoms with Gasteiger partial charge in [0.05, 0.1) is 48.0 Å². The first kappa shape index (κ1) is 21.2. The largest absolute Gasteiger partial charge is 0.497 e. The SMILES string of the molecule is CCOC(=O)c1c(Nc2cccc3nsnc23)c2cc(OC)ccc2n1-c1ccc2c(c1)OCO2. The zero-order valence-corrected chi connectivity index (χ0v) is 19.7. The molecule has 0 atom stereocenters. The van der Waals surface area contributed by atoms with Crippen LogP contribution in [0.5, 0.6) is 17.2 Å². The second-order valence-electron chi connectivity index (χ2n) is 7.76. The van der Waals surface area contributed by atoms with Gasteiger partial charge in [-0.25, -0.2) is 4.79 Å². The lowest BCUT2D eigenvalue weighted by atomic mass is 10.2. The van der Waals surface area contributed by atoms with Crippen molar-refractivity contribution in [2.24, 2.45) is 0 Å². The molecule has 3 aromatic carbocycles. The van der Waals surface area contributed by atoms with Crippen molar-refractivity contribution >= 4 is 51.0 Å². The van der Waals surface area contributed by atoms with Crippen LogP contribution < -0.4 is 19.5 Å². The summed E-state index contributed by atoms with van der Waals surface area (Å²) in [6.07, 6.45) is 0. The number of methoxy groups -OCH3 is 1. The van der Waals surface area contributed by atoms with Crippen molar-refractivity contribution in [1.29, 1.82) is 0 Å². The lowest BCUT2D eigenvalue weighted by molar-refractivity contribution is 0.0518. The molecule has 0 aliphatic carbocycles. The van der Waals surface area contributed by atoms with E-state index >= 15 is 0 Å². The molecule has 5 aromatic rings. The summed E-state index contributed by atoms with van der Waals surface area (Å²) in [4.78, 5) is 13.4. The van der Waals surface area contributed by atoms with Gasteiger partial charge < -0.3 is 28.8 Å². The third kappa shape index (κ3) is 3.50. The Morgan fingerprint density at radius 2 is 2.00 bits per heavy atom. The van der Waals surface area contributed by atoms with Crippen molar-refractivity contribution in [3.63, 3.8) is 0 Å². The molecule has 1 aliphatic rings. The normalized spacial score (nSPS) is 12.3. The number of hydrogen-bond acceptors (Lipinski definition) is 9. The number of fused-ring (bicyclic) bond motifs is 3. The number of esters is 1. The van der Waals surface area contributed by atoms with Gasteiger partial charge in [-0.15, -0.1) is 0 Å². The molecule has 1 N–H and O–H groups in total. The van der Waals surface area contributed by atoms with Crippen LogP contribution in [-0.2, 0) is 4.74 Å². The number of ether oxygens (including phenoxy) is 4. The summed E-state index contributed by atoms with van der Waals surface area (Å²) in [6, 6.07) is 16.9. The predicted octanol–water partition coefficient (Wildman–Crippen LogP) is 5.29. The maximum atomic E-state index is 13.4. The van der Waals surface area contributed by atoms with Crippen LogP contribution >= 0.6 is 11.7 Å². The summed E-state index contributed by atoms with van der Waals surface area (Å²) in [7, 11) is 1.61. The van der Waals surface area contributed by atoms with E-state index in [0.29, 0.717) is 28.6 Å². The van der Waals surface area contributed by atoms with Gasteiger partial charge in [0.25, 0.3) is 0 Å². The van der Waals surface area contributed by atoms with E-state index in [1.54, 1.807) is 14.0 Å². The van der Waals surface area contributed by atoms with Crippen LogP contribution in [0.4, 0.5) is 11.4 Å². The van der Waals surface area contributed by atoms with E-state index in [9.17, 15) is 4.79 Å². The third-order valence-electron chi connectivity index (χ3n) is 5.80. The highest BCUT2D eigenvalue weighted by atomic mass is 32.1. The average molecular weight is 489 g/mol. The molecule has 35 heavy (non-hydrogen) atoms. The topological polar surface area (TPSA) is 96.7 Å². The Bertz CT molecular complexity index is 1590. The molecular formula is C25H20N4O5S. The van der Waals surface area contributed by atoms with Crippen LogP contribution in [0, 0.1) is 0 Å². The van der Waals surface area contributed by atoms with Gasteiger partial charge >= 0.3 is 5.97 Å². The van der Waals surface area contributed by atoms with Crippen molar-refractivity contribution in [3.8, 4) is 22.9 Å². The van der Waals surface area contributed by atoms with Crippen molar-refractivity contribution in [2.75, 3.05) is 25.8 Å². The first-order valence-electron chi connectivity index (χ1n) is 11.0. The standard InChI is InChI=1S/C25H20N4O5S/c1-3-32-25(30)24-22(26-17-5-4-6-18-23(17)28-35-27-18)16-12-15(31-2)8-9-19(16)29(24)14-7-10-20-21(11-14)34-13-33-20/h4-12,26H,3,13H2,1-2H3. The van der Waals surface area contributed by atoms with Crippen molar-refractivity contribution in [1.82, 2.24) is 13.3 Å². The molecule has 0 unspecified atom stereocenters. The Balaban J connectivity index is 1.64.